The van der Waals surface area contributed by atoms with Crippen molar-refractivity contribution in [1.82, 2.24) is 0 Å². The van der Waals surface area contributed by atoms with Crippen LogP contribution in [0.15, 0.2) is 30.3 Å². The summed E-state index contributed by atoms with van der Waals surface area (Å²) in [5.41, 5.74) is 0.832. The van der Waals surface area contributed by atoms with Gasteiger partial charge in [0.2, 0.25) is 0 Å². The zero-order chi connectivity index (χ0) is 12.0. The minimum atomic E-state index is -0.994. The molecule has 0 aromatic heterocycles. The molecule has 5 nitrogen and oxygen atoms in total. The Morgan fingerprint density at radius 2 is 2.38 bits per heavy atom. The van der Waals surface area contributed by atoms with Crippen LogP contribution in [0.2, 0.25) is 0 Å². The Hall–Kier alpha value is -1.69. The van der Waals surface area contributed by atoms with Gasteiger partial charge in [0.15, 0.2) is 5.69 Å². The number of benzene rings is 1. The van der Waals surface area contributed by atoms with E-state index in [0.717, 1.165) is 0 Å². The van der Waals surface area contributed by atoms with Crippen LogP contribution in [0, 0.1) is 5.21 Å². The first-order valence-corrected chi connectivity index (χ1v) is 4.81. The highest BCUT2D eigenvalue weighted by Gasteiger charge is 1.99. The molecule has 1 atom stereocenters. The van der Waals surface area contributed by atoms with Gasteiger partial charge in [0.05, 0.1) is 6.61 Å². The molecule has 1 unspecified atom stereocenters. The van der Waals surface area contributed by atoms with E-state index in [2.05, 4.69) is 0 Å². The Morgan fingerprint density at radius 3 is 3.00 bits per heavy atom. The summed E-state index contributed by atoms with van der Waals surface area (Å²) < 4.78 is 4.70. The lowest BCUT2D eigenvalue weighted by atomic mass is 10.2. The van der Waals surface area contributed by atoms with Gasteiger partial charge >= 0.3 is 5.97 Å². The topological polar surface area (TPSA) is 74.0 Å². The fourth-order valence-electron chi connectivity index (χ4n) is 1.13. The van der Waals surface area contributed by atoms with E-state index in [1.165, 1.54) is 24.3 Å². The van der Waals surface area contributed by atoms with E-state index in [4.69, 9.17) is 9.94 Å². The van der Waals surface area contributed by atoms with Crippen molar-refractivity contribution in [2.24, 2.45) is 0 Å². The molecular formula is C11H13NO4. The minimum Gasteiger partial charge on any atom is -0.595 e. The van der Waals surface area contributed by atoms with E-state index in [9.17, 15) is 10.0 Å². The molecule has 0 radical (unpaired) electrons. The first-order valence-electron chi connectivity index (χ1n) is 4.81. The van der Waals surface area contributed by atoms with Gasteiger partial charge in [0.1, 0.15) is 0 Å². The molecular weight excluding hydrogens is 210 g/mol. The fourth-order valence-corrected chi connectivity index (χ4v) is 1.13. The van der Waals surface area contributed by atoms with Crippen LogP contribution in [0.4, 0.5) is 5.69 Å². The molecule has 5 heteroatoms. The molecule has 0 aliphatic rings. The standard InChI is InChI=1S/C11H13NO4/c1-2-16-11(13)7-6-9-4-3-5-10(8-9)12(14)15/h3-8,12,14H,2H2,1H3. The van der Waals surface area contributed by atoms with Gasteiger partial charge in [-0.15, -0.1) is 0 Å². The predicted octanol–water partition coefficient (Wildman–Crippen LogP) is 0.666. The van der Waals surface area contributed by atoms with Crippen LogP contribution in [0.1, 0.15) is 12.5 Å². The second kappa shape index (κ2) is 6.02. The van der Waals surface area contributed by atoms with E-state index in [-0.39, 0.29) is 5.69 Å². The zero-order valence-corrected chi connectivity index (χ0v) is 8.84. The van der Waals surface area contributed by atoms with Gasteiger partial charge in [0, 0.05) is 18.2 Å². The van der Waals surface area contributed by atoms with Crippen LogP contribution in [-0.4, -0.2) is 17.8 Å². The second-order valence-corrected chi connectivity index (χ2v) is 3.02. The molecule has 0 saturated carbocycles. The number of carbonyl (C=O) groups is 1. The highest BCUT2D eigenvalue weighted by molar-refractivity contribution is 5.87. The van der Waals surface area contributed by atoms with Gasteiger partial charge < -0.3 is 9.94 Å². The van der Waals surface area contributed by atoms with Crippen molar-refractivity contribution < 1.29 is 20.0 Å². The molecule has 1 aromatic rings. The predicted molar refractivity (Wildman–Crippen MR) is 57.9 cm³/mol. The maximum Gasteiger partial charge on any atom is 0.330 e. The second-order valence-electron chi connectivity index (χ2n) is 3.02. The third kappa shape index (κ3) is 3.82. The van der Waals surface area contributed by atoms with Crippen molar-refractivity contribution in [2.75, 3.05) is 6.61 Å². The van der Waals surface area contributed by atoms with Gasteiger partial charge in [-0.05, 0) is 18.6 Å². The lowest BCUT2D eigenvalue weighted by molar-refractivity contribution is -0.991. The van der Waals surface area contributed by atoms with Crippen molar-refractivity contribution in [1.29, 1.82) is 0 Å². The van der Waals surface area contributed by atoms with Crippen LogP contribution >= 0.6 is 0 Å². The molecule has 86 valence electrons. The summed E-state index contributed by atoms with van der Waals surface area (Å²) in [6.07, 6.45) is 2.79. The number of carbonyl (C=O) groups excluding carboxylic acids is 1. The lowest BCUT2D eigenvalue weighted by Crippen LogP contribution is -2.99. The number of nitrogens with one attached hydrogen (secondary N) is 1. The molecule has 0 amide bonds. The Balaban J connectivity index is 2.74. The summed E-state index contributed by atoms with van der Waals surface area (Å²) in [6, 6.07) is 6.30. The molecule has 1 aromatic carbocycles. The summed E-state index contributed by atoms with van der Waals surface area (Å²) >= 11 is 0. The van der Waals surface area contributed by atoms with Crippen molar-refractivity contribution in [3.8, 4) is 0 Å². The van der Waals surface area contributed by atoms with Crippen LogP contribution in [0.25, 0.3) is 6.08 Å². The monoisotopic (exact) mass is 223 g/mol. The van der Waals surface area contributed by atoms with Crippen LogP contribution in [-0.2, 0) is 9.53 Å². The van der Waals surface area contributed by atoms with Crippen molar-refractivity contribution in [3.63, 3.8) is 0 Å². The van der Waals surface area contributed by atoms with Crippen LogP contribution in [0.5, 0.6) is 0 Å². The zero-order valence-electron chi connectivity index (χ0n) is 8.84. The van der Waals surface area contributed by atoms with Gasteiger partial charge in [-0.3, -0.25) is 0 Å². The lowest BCUT2D eigenvalue weighted by Gasteiger charge is -2.11. The average molecular weight is 223 g/mol. The SMILES string of the molecule is CCOC(=O)C=Cc1cccc([NH+]([O-])O)c1. The quantitative estimate of drug-likeness (QED) is 0.447. The molecule has 0 heterocycles. The van der Waals surface area contributed by atoms with Crippen molar-refractivity contribution >= 4 is 17.7 Å². The fraction of sp³-hybridized carbons (Fsp3) is 0.182. The molecule has 16 heavy (non-hydrogen) atoms. The molecule has 0 spiro atoms. The summed E-state index contributed by atoms with van der Waals surface area (Å²) in [5, 5.41) is 18.4. The number of hydrogen-bond donors (Lipinski definition) is 2. The number of esters is 1. The van der Waals surface area contributed by atoms with Gasteiger partial charge in [0.25, 0.3) is 0 Å². The van der Waals surface area contributed by atoms with Gasteiger partial charge in [-0.2, -0.15) is 5.23 Å². The molecule has 0 bridgehead atoms. The maximum atomic E-state index is 11.0. The van der Waals surface area contributed by atoms with Crippen LogP contribution < -0.4 is 5.23 Å². The number of ether oxygens (including phenoxy) is 1. The Bertz CT molecular complexity index is 387. The molecule has 2 N–H and O–H groups in total. The van der Waals surface area contributed by atoms with Gasteiger partial charge in [-0.25, -0.2) is 10.0 Å². The smallest absolute Gasteiger partial charge is 0.330 e. The van der Waals surface area contributed by atoms with E-state index in [0.29, 0.717) is 12.2 Å². The van der Waals surface area contributed by atoms with Crippen LogP contribution in [0.3, 0.4) is 0 Å². The van der Waals surface area contributed by atoms with E-state index in [1.54, 1.807) is 19.1 Å². The number of rotatable bonds is 4. The number of hydrogen-bond acceptors (Lipinski definition) is 4. The first kappa shape index (κ1) is 12.4. The molecule has 0 fully saturated rings. The van der Waals surface area contributed by atoms with E-state index in [1.807, 2.05) is 0 Å². The molecule has 0 aliphatic heterocycles. The third-order valence-electron chi connectivity index (χ3n) is 1.83. The minimum absolute atomic E-state index is 0.186. The summed E-state index contributed by atoms with van der Waals surface area (Å²) in [4.78, 5) is 11.0. The summed E-state index contributed by atoms with van der Waals surface area (Å²) in [7, 11) is 0. The Morgan fingerprint density at radius 1 is 1.62 bits per heavy atom. The van der Waals surface area contributed by atoms with Crippen molar-refractivity contribution in [3.05, 3.63) is 41.1 Å². The van der Waals surface area contributed by atoms with Crippen molar-refractivity contribution in [2.45, 2.75) is 6.92 Å². The third-order valence-corrected chi connectivity index (χ3v) is 1.83. The largest absolute Gasteiger partial charge is 0.595 e. The van der Waals surface area contributed by atoms with Gasteiger partial charge in [-0.1, -0.05) is 12.1 Å². The summed E-state index contributed by atoms with van der Waals surface area (Å²) in [5.74, 6) is -0.441. The number of quaternary nitrogens is 1. The molecule has 0 aliphatic carbocycles. The average Bonchev–Trinajstić information content (AvgIpc) is 2.27. The summed E-state index contributed by atoms with van der Waals surface area (Å²) in [6.45, 7) is 2.04. The molecule has 1 rings (SSSR count). The maximum absolute atomic E-state index is 11.0. The Kier molecular flexibility index (Phi) is 4.65. The van der Waals surface area contributed by atoms with E-state index < -0.39 is 11.2 Å². The normalized spacial score (nSPS) is 12.7. The highest BCUT2D eigenvalue weighted by atomic mass is 16.8. The first-order chi connectivity index (χ1) is 7.63. The Labute approximate surface area is 93.1 Å². The molecule has 0 saturated heterocycles. The highest BCUT2D eigenvalue weighted by Crippen LogP contribution is 2.07. The van der Waals surface area contributed by atoms with E-state index >= 15 is 0 Å².